The second-order valence-electron chi connectivity index (χ2n) is 4.15. The van der Waals surface area contributed by atoms with Gasteiger partial charge in [-0.2, -0.15) is 5.10 Å². The van der Waals surface area contributed by atoms with Crippen molar-refractivity contribution in [2.75, 3.05) is 25.5 Å². The number of aromatic nitrogens is 2. The smallest absolute Gasteiger partial charge is 0.272 e. The Labute approximate surface area is 98.5 Å². The number of morpholine rings is 1. The molecule has 1 fully saturated rings. The molecule has 1 saturated heterocycles. The number of carbonyl (C=O) groups excluding carboxylic acids is 1. The lowest BCUT2D eigenvalue weighted by molar-refractivity contribution is -0.0668. The number of aliphatic hydroxyl groups excluding tert-OH is 1. The van der Waals surface area contributed by atoms with E-state index in [9.17, 15) is 4.79 Å². The van der Waals surface area contributed by atoms with Gasteiger partial charge in [-0.25, -0.2) is 0 Å². The Bertz CT molecular complexity index is 406. The van der Waals surface area contributed by atoms with E-state index in [-0.39, 0.29) is 30.5 Å². The van der Waals surface area contributed by atoms with Gasteiger partial charge in [-0.05, 0) is 6.92 Å². The van der Waals surface area contributed by atoms with E-state index in [0.29, 0.717) is 18.8 Å². The van der Waals surface area contributed by atoms with Gasteiger partial charge in [0.2, 0.25) is 0 Å². The number of hydrogen-bond acceptors (Lipinski definition) is 5. The zero-order valence-corrected chi connectivity index (χ0v) is 9.59. The monoisotopic (exact) mass is 240 g/mol. The molecule has 2 atom stereocenters. The van der Waals surface area contributed by atoms with Gasteiger partial charge in [-0.15, -0.1) is 0 Å². The number of rotatable bonds is 2. The molecule has 1 aliphatic rings. The predicted molar refractivity (Wildman–Crippen MR) is 60.3 cm³/mol. The first-order chi connectivity index (χ1) is 8.11. The largest absolute Gasteiger partial charge is 0.394 e. The number of amides is 1. The molecule has 0 bridgehead atoms. The number of hydrogen-bond donors (Lipinski definition) is 3. The van der Waals surface area contributed by atoms with Gasteiger partial charge in [0, 0.05) is 12.6 Å². The van der Waals surface area contributed by atoms with Gasteiger partial charge in [0.1, 0.15) is 11.5 Å². The van der Waals surface area contributed by atoms with Crippen LogP contribution in [0.1, 0.15) is 17.4 Å². The lowest BCUT2D eigenvalue weighted by atomic mass is 10.2. The SMILES string of the molecule is CC1COC(CO)CN1C(=O)c1cc(N)n[nH]1. The molecule has 0 aromatic carbocycles. The molecular formula is C10H16N4O3. The Morgan fingerprint density at radius 1 is 1.82 bits per heavy atom. The zero-order valence-electron chi connectivity index (χ0n) is 9.59. The van der Waals surface area contributed by atoms with Crippen LogP contribution in [0, 0.1) is 0 Å². The molecule has 1 aromatic rings. The summed E-state index contributed by atoms with van der Waals surface area (Å²) in [4.78, 5) is 13.8. The van der Waals surface area contributed by atoms with E-state index in [1.54, 1.807) is 4.90 Å². The van der Waals surface area contributed by atoms with E-state index in [1.807, 2.05) is 6.92 Å². The van der Waals surface area contributed by atoms with Crippen molar-refractivity contribution in [3.05, 3.63) is 11.8 Å². The first kappa shape index (κ1) is 11.9. The molecule has 94 valence electrons. The number of carbonyl (C=O) groups is 1. The molecule has 0 spiro atoms. The Balaban J connectivity index is 2.12. The minimum Gasteiger partial charge on any atom is -0.394 e. The summed E-state index contributed by atoms with van der Waals surface area (Å²) < 4.78 is 5.37. The van der Waals surface area contributed by atoms with E-state index >= 15 is 0 Å². The van der Waals surface area contributed by atoms with Gasteiger partial charge in [0.15, 0.2) is 0 Å². The molecule has 1 aromatic heterocycles. The number of aromatic amines is 1. The Kier molecular flexibility index (Phi) is 3.30. The van der Waals surface area contributed by atoms with Crippen molar-refractivity contribution < 1.29 is 14.6 Å². The lowest BCUT2D eigenvalue weighted by Gasteiger charge is -2.37. The second kappa shape index (κ2) is 4.72. The van der Waals surface area contributed by atoms with Gasteiger partial charge in [-0.1, -0.05) is 0 Å². The molecule has 1 aliphatic heterocycles. The van der Waals surface area contributed by atoms with Gasteiger partial charge < -0.3 is 20.5 Å². The fraction of sp³-hybridized carbons (Fsp3) is 0.600. The summed E-state index contributed by atoms with van der Waals surface area (Å²) in [6.45, 7) is 2.59. The van der Waals surface area contributed by atoms with E-state index in [2.05, 4.69) is 10.2 Å². The molecule has 0 aliphatic carbocycles. The molecule has 7 heteroatoms. The standard InChI is InChI=1S/C10H16N4O3/c1-6-5-17-7(4-15)3-14(6)10(16)8-2-9(11)13-12-8/h2,6-7,15H,3-5H2,1H3,(H3,11,12,13). The second-order valence-corrected chi connectivity index (χ2v) is 4.15. The number of nitrogens with one attached hydrogen (secondary N) is 1. The topological polar surface area (TPSA) is 104 Å². The molecule has 4 N–H and O–H groups in total. The predicted octanol–water partition coefficient (Wildman–Crippen LogP) is -0.786. The normalized spacial score (nSPS) is 24.9. The van der Waals surface area contributed by atoms with Crippen LogP contribution in [-0.4, -0.2) is 58.0 Å². The minimum atomic E-state index is -0.324. The van der Waals surface area contributed by atoms with Crippen LogP contribution in [0.15, 0.2) is 6.07 Å². The summed E-state index contributed by atoms with van der Waals surface area (Å²) in [5, 5.41) is 15.4. The Morgan fingerprint density at radius 3 is 3.18 bits per heavy atom. The van der Waals surface area contributed by atoms with Crippen LogP contribution < -0.4 is 5.73 Å². The van der Waals surface area contributed by atoms with Crippen LogP contribution in [0.25, 0.3) is 0 Å². The van der Waals surface area contributed by atoms with Gasteiger partial charge >= 0.3 is 0 Å². The number of nitrogen functional groups attached to an aromatic ring is 1. The van der Waals surface area contributed by atoms with Crippen LogP contribution in [-0.2, 0) is 4.74 Å². The summed E-state index contributed by atoms with van der Waals surface area (Å²) >= 11 is 0. The number of nitrogens with zero attached hydrogens (tertiary/aromatic N) is 2. The number of H-pyrrole nitrogens is 1. The summed E-state index contributed by atoms with van der Waals surface area (Å²) in [6.07, 6.45) is -0.324. The summed E-state index contributed by atoms with van der Waals surface area (Å²) in [5.74, 6) is 0.108. The Hall–Kier alpha value is -1.60. The summed E-state index contributed by atoms with van der Waals surface area (Å²) in [5.41, 5.74) is 5.81. The molecule has 2 unspecified atom stereocenters. The van der Waals surface area contributed by atoms with E-state index in [0.717, 1.165) is 0 Å². The van der Waals surface area contributed by atoms with E-state index in [4.69, 9.17) is 15.6 Å². The van der Waals surface area contributed by atoms with Crippen LogP contribution in [0.2, 0.25) is 0 Å². The number of anilines is 1. The van der Waals surface area contributed by atoms with Crippen LogP contribution in [0.3, 0.4) is 0 Å². The third-order valence-corrected chi connectivity index (χ3v) is 2.80. The van der Waals surface area contributed by atoms with Crippen molar-refractivity contribution in [1.29, 1.82) is 0 Å². The quantitative estimate of drug-likeness (QED) is 0.628. The average Bonchev–Trinajstić information content (AvgIpc) is 2.76. The molecular weight excluding hydrogens is 224 g/mol. The van der Waals surface area contributed by atoms with Crippen molar-refractivity contribution in [3.8, 4) is 0 Å². The van der Waals surface area contributed by atoms with Gasteiger partial charge in [0.25, 0.3) is 5.91 Å². The van der Waals surface area contributed by atoms with E-state index < -0.39 is 0 Å². The highest BCUT2D eigenvalue weighted by molar-refractivity contribution is 5.93. The molecule has 17 heavy (non-hydrogen) atoms. The highest BCUT2D eigenvalue weighted by atomic mass is 16.5. The maximum absolute atomic E-state index is 12.1. The Morgan fingerprint density at radius 2 is 2.59 bits per heavy atom. The maximum Gasteiger partial charge on any atom is 0.272 e. The number of nitrogens with two attached hydrogens (primary N) is 1. The van der Waals surface area contributed by atoms with Crippen molar-refractivity contribution in [3.63, 3.8) is 0 Å². The van der Waals surface area contributed by atoms with Crippen molar-refractivity contribution in [2.24, 2.45) is 0 Å². The van der Waals surface area contributed by atoms with E-state index in [1.165, 1.54) is 6.07 Å². The maximum atomic E-state index is 12.1. The van der Waals surface area contributed by atoms with Crippen molar-refractivity contribution in [2.45, 2.75) is 19.1 Å². The third kappa shape index (κ3) is 2.40. The molecule has 2 heterocycles. The lowest BCUT2D eigenvalue weighted by Crippen LogP contribution is -2.52. The fourth-order valence-corrected chi connectivity index (χ4v) is 1.81. The summed E-state index contributed by atoms with van der Waals surface area (Å²) in [6, 6.07) is 1.47. The first-order valence-corrected chi connectivity index (χ1v) is 5.46. The van der Waals surface area contributed by atoms with Crippen LogP contribution in [0.4, 0.5) is 5.82 Å². The minimum absolute atomic E-state index is 0.0326. The van der Waals surface area contributed by atoms with Crippen molar-refractivity contribution in [1.82, 2.24) is 15.1 Å². The third-order valence-electron chi connectivity index (χ3n) is 2.80. The molecule has 0 saturated carbocycles. The van der Waals surface area contributed by atoms with Gasteiger partial charge in [0.05, 0.1) is 25.4 Å². The molecule has 0 radical (unpaired) electrons. The fourth-order valence-electron chi connectivity index (χ4n) is 1.81. The van der Waals surface area contributed by atoms with Crippen LogP contribution in [0.5, 0.6) is 0 Å². The first-order valence-electron chi connectivity index (χ1n) is 5.46. The molecule has 1 amide bonds. The summed E-state index contributed by atoms with van der Waals surface area (Å²) in [7, 11) is 0. The van der Waals surface area contributed by atoms with Crippen LogP contribution >= 0.6 is 0 Å². The molecule has 7 nitrogen and oxygen atoms in total. The highest BCUT2D eigenvalue weighted by Gasteiger charge is 2.30. The van der Waals surface area contributed by atoms with Gasteiger partial charge in [-0.3, -0.25) is 9.89 Å². The van der Waals surface area contributed by atoms with Crippen molar-refractivity contribution >= 4 is 11.7 Å². The number of aliphatic hydroxyl groups is 1. The zero-order chi connectivity index (χ0) is 12.4. The highest BCUT2D eigenvalue weighted by Crippen LogP contribution is 2.15. The number of ether oxygens (including phenoxy) is 1. The molecule has 2 rings (SSSR count). The average molecular weight is 240 g/mol.